The van der Waals surface area contributed by atoms with Crippen LogP contribution in [0.5, 0.6) is 0 Å². The van der Waals surface area contributed by atoms with E-state index in [0.29, 0.717) is 5.56 Å². The maximum absolute atomic E-state index is 10.7. The molecular formula is C10H12BNO2. The first-order valence-electron chi connectivity index (χ1n) is 4.53. The average Bonchev–Trinajstić information content (AvgIpc) is 2.16. The normalized spacial score (nSPS) is 12.8. The Hall–Kier alpha value is -1.32. The number of nitro groups is 1. The predicted octanol–water partition coefficient (Wildman–Crippen LogP) is 2.46. The topological polar surface area (TPSA) is 43.1 Å². The summed E-state index contributed by atoms with van der Waals surface area (Å²) in [5.74, 6) is -0.0901. The van der Waals surface area contributed by atoms with E-state index in [4.69, 9.17) is 7.85 Å². The van der Waals surface area contributed by atoms with E-state index in [9.17, 15) is 10.1 Å². The smallest absolute Gasteiger partial charge is 0.258 e. The van der Waals surface area contributed by atoms with E-state index >= 15 is 0 Å². The van der Waals surface area contributed by atoms with Crippen molar-refractivity contribution in [3.8, 4) is 0 Å². The quantitative estimate of drug-likeness (QED) is 0.416. The molecule has 0 aliphatic carbocycles. The first-order chi connectivity index (χ1) is 6.54. The maximum atomic E-state index is 10.7. The molecule has 0 saturated carbocycles. The molecule has 0 aliphatic heterocycles. The minimum atomic E-state index is -0.391. The Morgan fingerprint density at radius 2 is 1.93 bits per heavy atom. The van der Waals surface area contributed by atoms with Gasteiger partial charge in [0.1, 0.15) is 0 Å². The van der Waals surface area contributed by atoms with E-state index in [1.54, 1.807) is 18.2 Å². The standard InChI is InChI=1S/C10H12BNO2/c1-7(2)10(11)8-5-3-4-6-9(8)12(13)14/h3-7,10H,1-2H3. The predicted molar refractivity (Wildman–Crippen MR) is 56.4 cm³/mol. The van der Waals surface area contributed by atoms with Gasteiger partial charge in [0.2, 0.25) is 0 Å². The van der Waals surface area contributed by atoms with Crippen molar-refractivity contribution in [3.63, 3.8) is 0 Å². The third-order valence-electron chi connectivity index (χ3n) is 2.21. The number of nitrogens with zero attached hydrogens (tertiary/aromatic N) is 1. The summed E-state index contributed by atoms with van der Waals surface area (Å²) >= 11 is 0. The zero-order valence-electron chi connectivity index (χ0n) is 8.31. The summed E-state index contributed by atoms with van der Waals surface area (Å²) in [7, 11) is 5.87. The highest BCUT2D eigenvalue weighted by Crippen LogP contribution is 2.28. The highest BCUT2D eigenvalue weighted by atomic mass is 16.6. The average molecular weight is 189 g/mol. The monoisotopic (exact) mass is 189 g/mol. The van der Waals surface area contributed by atoms with Gasteiger partial charge in [0, 0.05) is 11.6 Å². The zero-order valence-corrected chi connectivity index (χ0v) is 8.31. The third kappa shape index (κ3) is 2.13. The Bertz CT molecular complexity index is 339. The number of hydrogen-bond donors (Lipinski definition) is 0. The van der Waals surface area contributed by atoms with E-state index in [-0.39, 0.29) is 17.4 Å². The molecule has 1 aromatic rings. The van der Waals surface area contributed by atoms with Gasteiger partial charge in [-0.3, -0.25) is 10.1 Å². The van der Waals surface area contributed by atoms with Crippen molar-refractivity contribution < 1.29 is 4.92 Å². The van der Waals surface area contributed by atoms with Crippen molar-refractivity contribution in [2.45, 2.75) is 19.7 Å². The van der Waals surface area contributed by atoms with Crippen LogP contribution in [-0.4, -0.2) is 12.8 Å². The maximum Gasteiger partial charge on any atom is 0.272 e. The van der Waals surface area contributed by atoms with Gasteiger partial charge in [-0.25, -0.2) is 0 Å². The van der Waals surface area contributed by atoms with Crippen molar-refractivity contribution in [3.05, 3.63) is 39.9 Å². The van der Waals surface area contributed by atoms with Gasteiger partial charge in [0.05, 0.1) is 12.8 Å². The molecule has 0 bridgehead atoms. The van der Waals surface area contributed by atoms with Gasteiger partial charge in [-0.05, 0) is 11.7 Å². The van der Waals surface area contributed by atoms with Crippen LogP contribution in [-0.2, 0) is 0 Å². The number of rotatable bonds is 3. The molecule has 0 saturated heterocycles. The highest BCUT2D eigenvalue weighted by molar-refractivity contribution is 6.13. The van der Waals surface area contributed by atoms with Crippen molar-refractivity contribution >= 4 is 13.5 Å². The molecule has 0 aromatic heterocycles. The third-order valence-corrected chi connectivity index (χ3v) is 2.21. The number of para-hydroxylation sites is 1. The Morgan fingerprint density at radius 3 is 2.43 bits per heavy atom. The molecule has 1 atom stereocenters. The summed E-state index contributed by atoms with van der Waals surface area (Å²) in [6, 6.07) is 6.61. The second kappa shape index (κ2) is 4.27. The van der Waals surface area contributed by atoms with Crippen LogP contribution in [0.15, 0.2) is 24.3 Å². The summed E-state index contributed by atoms with van der Waals surface area (Å²) in [5, 5.41) is 10.7. The summed E-state index contributed by atoms with van der Waals surface area (Å²) in [6.07, 6.45) is 0. The van der Waals surface area contributed by atoms with Gasteiger partial charge < -0.3 is 0 Å². The summed E-state index contributed by atoms with van der Waals surface area (Å²) in [4.78, 5) is 10.3. The second-order valence-corrected chi connectivity index (χ2v) is 3.59. The molecule has 1 aromatic carbocycles. The molecule has 0 spiro atoms. The molecule has 0 aliphatic rings. The molecule has 14 heavy (non-hydrogen) atoms. The fourth-order valence-electron chi connectivity index (χ4n) is 1.29. The van der Waals surface area contributed by atoms with E-state index in [1.807, 2.05) is 13.8 Å². The number of hydrogen-bond acceptors (Lipinski definition) is 2. The lowest BCUT2D eigenvalue weighted by Gasteiger charge is -2.15. The largest absolute Gasteiger partial charge is 0.272 e. The molecule has 0 fully saturated rings. The van der Waals surface area contributed by atoms with Gasteiger partial charge >= 0.3 is 0 Å². The Labute approximate surface area is 84.7 Å². The van der Waals surface area contributed by atoms with Crippen LogP contribution in [0.4, 0.5) is 5.69 Å². The van der Waals surface area contributed by atoms with Gasteiger partial charge in [-0.1, -0.05) is 32.0 Å². The Kier molecular flexibility index (Phi) is 3.28. The first-order valence-corrected chi connectivity index (χ1v) is 4.53. The molecular weight excluding hydrogens is 177 g/mol. The highest BCUT2D eigenvalue weighted by Gasteiger charge is 2.19. The van der Waals surface area contributed by atoms with E-state index in [0.717, 1.165) is 0 Å². The van der Waals surface area contributed by atoms with Crippen LogP contribution in [0, 0.1) is 16.0 Å². The number of benzene rings is 1. The molecule has 72 valence electrons. The molecule has 4 heteroatoms. The lowest BCUT2D eigenvalue weighted by molar-refractivity contribution is -0.385. The molecule has 1 unspecified atom stereocenters. The molecule has 0 heterocycles. The minimum Gasteiger partial charge on any atom is -0.258 e. The van der Waals surface area contributed by atoms with E-state index in [1.165, 1.54) is 6.07 Å². The molecule has 3 nitrogen and oxygen atoms in total. The van der Waals surface area contributed by atoms with Crippen molar-refractivity contribution in [2.24, 2.45) is 5.92 Å². The van der Waals surface area contributed by atoms with Crippen LogP contribution in [0.2, 0.25) is 0 Å². The summed E-state index contributed by atoms with van der Waals surface area (Å²) < 4.78 is 0. The SMILES string of the molecule is [B]C(c1ccccc1[N+](=O)[O-])C(C)C. The lowest BCUT2D eigenvalue weighted by atomic mass is 9.73. The lowest BCUT2D eigenvalue weighted by Crippen LogP contribution is -2.08. The van der Waals surface area contributed by atoms with E-state index < -0.39 is 4.92 Å². The summed E-state index contributed by atoms with van der Waals surface area (Å²) in [5.41, 5.74) is 0.709. The molecule has 0 amide bonds. The van der Waals surface area contributed by atoms with Crippen molar-refractivity contribution in [1.82, 2.24) is 0 Å². The Balaban J connectivity index is 3.13. The molecule has 0 N–H and O–H groups in total. The van der Waals surface area contributed by atoms with Gasteiger partial charge in [-0.2, -0.15) is 0 Å². The van der Waals surface area contributed by atoms with Crippen LogP contribution < -0.4 is 0 Å². The van der Waals surface area contributed by atoms with Gasteiger partial charge in [0.15, 0.2) is 0 Å². The first kappa shape index (κ1) is 10.8. The van der Waals surface area contributed by atoms with Gasteiger partial charge in [-0.15, -0.1) is 0 Å². The second-order valence-electron chi connectivity index (χ2n) is 3.59. The van der Waals surface area contributed by atoms with E-state index in [2.05, 4.69) is 0 Å². The molecule has 2 radical (unpaired) electrons. The zero-order chi connectivity index (χ0) is 10.7. The van der Waals surface area contributed by atoms with Gasteiger partial charge in [0.25, 0.3) is 5.69 Å². The fraction of sp³-hybridized carbons (Fsp3) is 0.400. The minimum absolute atomic E-state index is 0.105. The Morgan fingerprint density at radius 1 is 1.36 bits per heavy atom. The van der Waals surface area contributed by atoms with Crippen molar-refractivity contribution in [2.75, 3.05) is 0 Å². The summed E-state index contributed by atoms with van der Waals surface area (Å²) in [6.45, 7) is 3.89. The van der Waals surface area contributed by atoms with Crippen LogP contribution in [0.1, 0.15) is 25.2 Å². The van der Waals surface area contributed by atoms with Crippen LogP contribution in [0.25, 0.3) is 0 Å². The van der Waals surface area contributed by atoms with Crippen molar-refractivity contribution in [1.29, 1.82) is 0 Å². The fourth-order valence-corrected chi connectivity index (χ4v) is 1.29. The van der Waals surface area contributed by atoms with Crippen LogP contribution in [0.3, 0.4) is 0 Å². The molecule has 1 rings (SSSR count). The van der Waals surface area contributed by atoms with Crippen LogP contribution >= 0.6 is 0 Å². The number of nitro benzene ring substituents is 1.